The maximum Gasteiger partial charge on any atom is 0.250 e. The van der Waals surface area contributed by atoms with Crippen molar-refractivity contribution in [2.24, 2.45) is 5.73 Å². The first-order chi connectivity index (χ1) is 7.79. The molecule has 0 atom stereocenters. The quantitative estimate of drug-likeness (QED) is 0.758. The fourth-order valence-electron chi connectivity index (χ4n) is 1.39. The maximum absolute atomic E-state index is 11.4. The molecule has 6 heteroatoms. The van der Waals surface area contributed by atoms with E-state index in [0.717, 1.165) is 0 Å². The van der Waals surface area contributed by atoms with Gasteiger partial charge in [0.1, 0.15) is 6.33 Å². The van der Waals surface area contributed by atoms with E-state index in [1.54, 1.807) is 27.8 Å². The second-order valence-corrected chi connectivity index (χ2v) is 3.36. The minimum Gasteiger partial charge on any atom is -0.324 e. The molecule has 0 spiro atoms. The van der Waals surface area contributed by atoms with Crippen LogP contribution in [-0.4, -0.2) is 19.3 Å². The summed E-state index contributed by atoms with van der Waals surface area (Å²) >= 11 is 0. The van der Waals surface area contributed by atoms with Gasteiger partial charge in [-0.1, -0.05) is 6.07 Å². The molecule has 2 rings (SSSR count). The van der Waals surface area contributed by atoms with Gasteiger partial charge in [0.05, 0.1) is 13.1 Å². The molecule has 2 N–H and O–H groups in total. The highest BCUT2D eigenvalue weighted by Crippen LogP contribution is 1.90. The smallest absolute Gasteiger partial charge is 0.250 e. The Labute approximate surface area is 92.3 Å². The van der Waals surface area contributed by atoms with Crippen LogP contribution in [0.2, 0.25) is 0 Å². The molecule has 6 nitrogen and oxygen atoms in total. The Morgan fingerprint density at radius 2 is 2.19 bits per heavy atom. The lowest BCUT2D eigenvalue weighted by atomic mass is 10.4. The van der Waals surface area contributed by atoms with Gasteiger partial charge in [-0.25, -0.2) is 4.98 Å². The van der Waals surface area contributed by atoms with Crippen LogP contribution in [0, 0.1) is 0 Å². The molecule has 2 heterocycles. The average molecular weight is 219 g/mol. The Balaban J connectivity index is 2.02. The molecule has 2 aromatic heterocycles. The van der Waals surface area contributed by atoms with Crippen LogP contribution in [0.1, 0.15) is 5.82 Å². The van der Waals surface area contributed by atoms with Crippen LogP contribution in [0.25, 0.3) is 0 Å². The molecule has 0 unspecified atom stereocenters. The molecular formula is C10H13N5O. The maximum atomic E-state index is 11.4. The highest BCUT2D eigenvalue weighted by atomic mass is 16.1. The predicted molar refractivity (Wildman–Crippen MR) is 58.6 cm³/mol. The van der Waals surface area contributed by atoms with Crippen LogP contribution < -0.4 is 11.3 Å². The standard InChI is InChI=1S/C10H13N5O/c11-7-9-12-8-15(13-9)6-5-14-4-2-1-3-10(14)16/h1-4,8H,5-7,11H2. The summed E-state index contributed by atoms with van der Waals surface area (Å²) in [4.78, 5) is 15.4. The molecule has 0 fully saturated rings. The third-order valence-electron chi connectivity index (χ3n) is 2.24. The molecule has 0 bridgehead atoms. The lowest BCUT2D eigenvalue weighted by molar-refractivity contribution is 0.519. The van der Waals surface area contributed by atoms with Gasteiger partial charge in [0, 0.05) is 18.8 Å². The van der Waals surface area contributed by atoms with E-state index in [0.29, 0.717) is 25.5 Å². The van der Waals surface area contributed by atoms with Gasteiger partial charge in [-0.2, -0.15) is 5.10 Å². The highest BCUT2D eigenvalue weighted by Gasteiger charge is 1.99. The molecule has 0 saturated heterocycles. The summed E-state index contributed by atoms with van der Waals surface area (Å²) < 4.78 is 3.31. The van der Waals surface area contributed by atoms with E-state index >= 15 is 0 Å². The summed E-state index contributed by atoms with van der Waals surface area (Å²) in [5, 5.41) is 4.14. The molecule has 0 aliphatic carbocycles. The molecule has 2 aromatic rings. The Bertz CT molecular complexity index is 516. The van der Waals surface area contributed by atoms with Crippen LogP contribution in [0.5, 0.6) is 0 Å². The summed E-state index contributed by atoms with van der Waals surface area (Å²) in [5.41, 5.74) is 5.39. The van der Waals surface area contributed by atoms with Crippen molar-refractivity contribution in [1.29, 1.82) is 0 Å². The fraction of sp³-hybridized carbons (Fsp3) is 0.300. The van der Waals surface area contributed by atoms with Gasteiger partial charge < -0.3 is 10.3 Å². The summed E-state index contributed by atoms with van der Waals surface area (Å²) in [7, 11) is 0. The number of hydrogen-bond donors (Lipinski definition) is 1. The van der Waals surface area contributed by atoms with E-state index in [2.05, 4.69) is 10.1 Å². The molecule has 84 valence electrons. The minimum atomic E-state index is -0.0123. The van der Waals surface area contributed by atoms with Gasteiger partial charge in [-0.3, -0.25) is 9.48 Å². The zero-order valence-electron chi connectivity index (χ0n) is 8.78. The summed E-state index contributed by atoms with van der Waals surface area (Å²) in [6, 6.07) is 5.08. The first-order valence-electron chi connectivity index (χ1n) is 5.03. The van der Waals surface area contributed by atoms with Gasteiger partial charge >= 0.3 is 0 Å². The van der Waals surface area contributed by atoms with Crippen LogP contribution in [-0.2, 0) is 19.6 Å². The summed E-state index contributed by atoms with van der Waals surface area (Å²) in [6.07, 6.45) is 3.37. The predicted octanol–water partition coefficient (Wildman–Crippen LogP) is -0.401. The fourth-order valence-corrected chi connectivity index (χ4v) is 1.39. The van der Waals surface area contributed by atoms with Gasteiger partial charge in [-0.15, -0.1) is 0 Å². The van der Waals surface area contributed by atoms with Crippen molar-refractivity contribution in [3.63, 3.8) is 0 Å². The number of nitrogens with two attached hydrogens (primary N) is 1. The Kier molecular flexibility index (Phi) is 3.11. The average Bonchev–Trinajstić information content (AvgIpc) is 2.76. The van der Waals surface area contributed by atoms with E-state index < -0.39 is 0 Å². The van der Waals surface area contributed by atoms with Gasteiger partial charge in [0.25, 0.3) is 5.56 Å². The molecule has 0 radical (unpaired) electrons. The van der Waals surface area contributed by atoms with Crippen LogP contribution >= 0.6 is 0 Å². The molecule has 0 saturated carbocycles. The van der Waals surface area contributed by atoms with Crippen LogP contribution in [0.4, 0.5) is 0 Å². The van der Waals surface area contributed by atoms with Crippen molar-refractivity contribution in [3.05, 3.63) is 46.9 Å². The highest BCUT2D eigenvalue weighted by molar-refractivity contribution is 4.93. The monoisotopic (exact) mass is 219 g/mol. The molecule has 16 heavy (non-hydrogen) atoms. The third kappa shape index (κ3) is 2.34. The number of aromatic nitrogens is 4. The van der Waals surface area contributed by atoms with Crippen molar-refractivity contribution in [3.8, 4) is 0 Å². The second kappa shape index (κ2) is 4.71. The Morgan fingerprint density at radius 3 is 2.88 bits per heavy atom. The molecule has 0 aliphatic rings. The largest absolute Gasteiger partial charge is 0.324 e. The number of hydrogen-bond acceptors (Lipinski definition) is 4. The SMILES string of the molecule is NCc1ncn(CCn2ccccc2=O)n1. The van der Waals surface area contributed by atoms with Gasteiger partial charge in [0.15, 0.2) is 5.82 Å². The van der Waals surface area contributed by atoms with Crippen molar-refractivity contribution in [2.45, 2.75) is 19.6 Å². The summed E-state index contributed by atoms with van der Waals surface area (Å²) in [5.74, 6) is 0.611. The van der Waals surface area contributed by atoms with Crippen molar-refractivity contribution < 1.29 is 0 Å². The minimum absolute atomic E-state index is 0.0123. The molecular weight excluding hydrogens is 206 g/mol. The van der Waals surface area contributed by atoms with Crippen LogP contribution in [0.15, 0.2) is 35.5 Å². The van der Waals surface area contributed by atoms with Crippen molar-refractivity contribution >= 4 is 0 Å². The first kappa shape index (κ1) is 10.6. The van der Waals surface area contributed by atoms with E-state index in [1.165, 1.54) is 6.07 Å². The number of aryl methyl sites for hydroxylation is 2. The number of rotatable bonds is 4. The Morgan fingerprint density at radius 1 is 1.31 bits per heavy atom. The summed E-state index contributed by atoms with van der Waals surface area (Å²) in [6.45, 7) is 1.52. The molecule has 0 amide bonds. The zero-order chi connectivity index (χ0) is 11.4. The second-order valence-electron chi connectivity index (χ2n) is 3.36. The van der Waals surface area contributed by atoms with Gasteiger partial charge in [0.2, 0.25) is 0 Å². The molecule has 0 aliphatic heterocycles. The van der Waals surface area contributed by atoms with Gasteiger partial charge in [-0.05, 0) is 6.07 Å². The lowest BCUT2D eigenvalue weighted by Crippen LogP contribution is -2.20. The van der Waals surface area contributed by atoms with E-state index in [9.17, 15) is 4.79 Å². The zero-order valence-corrected chi connectivity index (χ0v) is 8.78. The molecule has 0 aromatic carbocycles. The normalized spacial score (nSPS) is 10.6. The lowest BCUT2D eigenvalue weighted by Gasteiger charge is -2.03. The van der Waals surface area contributed by atoms with Crippen molar-refractivity contribution in [2.75, 3.05) is 0 Å². The third-order valence-corrected chi connectivity index (χ3v) is 2.24. The van der Waals surface area contributed by atoms with Crippen molar-refractivity contribution in [1.82, 2.24) is 19.3 Å². The topological polar surface area (TPSA) is 78.7 Å². The Hall–Kier alpha value is -1.95. The number of nitrogens with zero attached hydrogens (tertiary/aromatic N) is 4. The first-order valence-corrected chi connectivity index (χ1v) is 5.03. The van der Waals surface area contributed by atoms with E-state index in [1.807, 2.05) is 6.07 Å². The number of pyridine rings is 1. The van der Waals surface area contributed by atoms with Crippen LogP contribution in [0.3, 0.4) is 0 Å². The van der Waals surface area contributed by atoms with E-state index in [-0.39, 0.29) is 5.56 Å². The van der Waals surface area contributed by atoms with E-state index in [4.69, 9.17) is 5.73 Å².